The summed E-state index contributed by atoms with van der Waals surface area (Å²) in [6, 6.07) is -1.09. The van der Waals surface area contributed by atoms with Crippen LogP contribution in [0.3, 0.4) is 0 Å². The van der Waals surface area contributed by atoms with E-state index < -0.39 is 32.7 Å². The third-order valence-corrected chi connectivity index (χ3v) is 12.3. The van der Waals surface area contributed by atoms with Crippen molar-refractivity contribution in [3.05, 3.63) is 158 Å². The highest BCUT2D eigenvalue weighted by Crippen LogP contribution is 2.43. The maximum atomic E-state index is 13.0. The molecule has 4 atom stereocenters. The van der Waals surface area contributed by atoms with E-state index in [4.69, 9.17) is 9.05 Å². The topological polar surface area (TPSA) is 125 Å². The number of unbranched alkanes of at least 4 members (excludes halogenated alkanes) is 8. The van der Waals surface area contributed by atoms with Gasteiger partial charge in [0.05, 0.1) is 39.9 Å². The second-order valence-corrected chi connectivity index (χ2v) is 20.8. The zero-order valence-corrected chi connectivity index (χ0v) is 47.3. The van der Waals surface area contributed by atoms with Gasteiger partial charge in [0.15, 0.2) is 0 Å². The molecule has 0 bridgehead atoms. The molecular weight excluding hydrogens is 928 g/mol. The Morgan fingerprint density at radius 1 is 0.493 bits per heavy atom. The lowest BCUT2D eigenvalue weighted by Crippen LogP contribution is -2.51. The van der Waals surface area contributed by atoms with Gasteiger partial charge in [-0.15, -0.1) is 0 Å². The van der Waals surface area contributed by atoms with Crippen LogP contribution < -0.4 is 5.32 Å². The number of carbonyl (C=O) groups excluding carboxylic acids is 1. The second kappa shape index (κ2) is 51.6. The van der Waals surface area contributed by atoms with Crippen LogP contribution in [-0.2, 0) is 18.4 Å². The minimum Gasteiger partial charge on any atom is -0.390 e. The maximum Gasteiger partial charge on any atom is 0.472 e. The average Bonchev–Trinajstić information content (AvgIpc) is 3.35. The molecule has 0 saturated carbocycles. The van der Waals surface area contributed by atoms with Crippen LogP contribution in [0.2, 0.25) is 0 Å². The van der Waals surface area contributed by atoms with Crippen molar-refractivity contribution in [1.29, 1.82) is 0 Å². The monoisotopic (exact) mass is 1030 g/mol. The van der Waals surface area contributed by atoms with E-state index in [9.17, 15) is 24.5 Å². The van der Waals surface area contributed by atoms with Crippen molar-refractivity contribution in [3.8, 4) is 0 Å². The van der Waals surface area contributed by atoms with Gasteiger partial charge in [0.25, 0.3) is 0 Å². The third-order valence-electron chi connectivity index (χ3n) is 11.3. The Balaban J connectivity index is 4.35. The number of rotatable bonds is 48. The molecule has 0 aromatic carbocycles. The van der Waals surface area contributed by atoms with Crippen molar-refractivity contribution in [3.63, 3.8) is 0 Å². The molecule has 0 saturated heterocycles. The molecule has 412 valence electrons. The summed E-state index contributed by atoms with van der Waals surface area (Å²) in [6.07, 6.45) is 77.7. The first-order chi connectivity index (χ1) is 35.4. The number of carbonyl (C=O) groups is 1. The minimum absolute atomic E-state index is 0.00243. The lowest BCUT2D eigenvalue weighted by molar-refractivity contribution is -0.870. The maximum absolute atomic E-state index is 13.0. The first-order valence-electron chi connectivity index (χ1n) is 27.9. The van der Waals surface area contributed by atoms with E-state index in [0.717, 1.165) is 116 Å². The number of likely N-dealkylation sites (N-methyl/N-ethyl adjacent to an activating group) is 1. The van der Waals surface area contributed by atoms with E-state index in [1.54, 1.807) is 0 Å². The predicted octanol–water partition coefficient (Wildman–Crippen LogP) is 16.1. The van der Waals surface area contributed by atoms with Crippen LogP contribution in [0, 0.1) is 0 Å². The Morgan fingerprint density at radius 3 is 1.27 bits per heavy atom. The van der Waals surface area contributed by atoms with Crippen molar-refractivity contribution in [2.24, 2.45) is 0 Å². The van der Waals surface area contributed by atoms with Gasteiger partial charge in [-0.1, -0.05) is 191 Å². The molecule has 10 heteroatoms. The number of aliphatic hydroxyl groups is 2. The highest BCUT2D eigenvalue weighted by atomic mass is 31.2. The zero-order valence-electron chi connectivity index (χ0n) is 46.4. The molecule has 0 aromatic heterocycles. The Hall–Kier alpha value is -3.92. The van der Waals surface area contributed by atoms with Crippen molar-refractivity contribution in [2.75, 3.05) is 40.9 Å². The largest absolute Gasteiger partial charge is 0.472 e. The number of quaternary nitrogens is 1. The van der Waals surface area contributed by atoms with E-state index in [-0.39, 0.29) is 18.9 Å². The molecule has 1 amide bonds. The van der Waals surface area contributed by atoms with Crippen molar-refractivity contribution in [2.45, 2.75) is 193 Å². The number of allylic oxidation sites excluding steroid dienone is 26. The summed E-state index contributed by atoms with van der Waals surface area (Å²) in [5.41, 5.74) is 0. The molecule has 0 aromatic rings. The first-order valence-corrected chi connectivity index (χ1v) is 29.4. The summed E-state index contributed by atoms with van der Waals surface area (Å²) in [6.45, 7) is 4.37. The van der Waals surface area contributed by atoms with Crippen molar-refractivity contribution >= 4 is 13.7 Å². The van der Waals surface area contributed by atoms with Crippen LogP contribution in [0.1, 0.15) is 174 Å². The number of nitrogens with one attached hydrogen (secondary N) is 1. The van der Waals surface area contributed by atoms with Gasteiger partial charge in [0, 0.05) is 6.42 Å². The molecular formula is C63H104N2O7P+. The van der Waals surface area contributed by atoms with Gasteiger partial charge in [0.2, 0.25) is 5.91 Å². The molecule has 73 heavy (non-hydrogen) atoms. The molecule has 0 heterocycles. The number of hydrogen-bond acceptors (Lipinski definition) is 6. The van der Waals surface area contributed by atoms with Crippen LogP contribution in [0.4, 0.5) is 0 Å². The lowest BCUT2D eigenvalue weighted by atomic mass is 10.0. The van der Waals surface area contributed by atoms with Gasteiger partial charge >= 0.3 is 7.82 Å². The highest BCUT2D eigenvalue weighted by Gasteiger charge is 2.31. The van der Waals surface area contributed by atoms with Crippen LogP contribution in [0.25, 0.3) is 0 Å². The summed E-state index contributed by atoms with van der Waals surface area (Å²) in [7, 11) is 1.36. The van der Waals surface area contributed by atoms with Crippen LogP contribution >= 0.6 is 7.82 Å². The van der Waals surface area contributed by atoms with E-state index in [1.165, 1.54) is 19.3 Å². The Bertz CT molecular complexity index is 1760. The number of aliphatic hydroxyl groups excluding tert-OH is 2. The smallest absolute Gasteiger partial charge is 0.390 e. The van der Waals surface area contributed by atoms with Crippen LogP contribution in [-0.4, -0.2) is 84.6 Å². The molecule has 0 aliphatic rings. The Morgan fingerprint density at radius 2 is 0.863 bits per heavy atom. The lowest BCUT2D eigenvalue weighted by Gasteiger charge is -2.28. The highest BCUT2D eigenvalue weighted by molar-refractivity contribution is 7.47. The minimum atomic E-state index is -4.45. The van der Waals surface area contributed by atoms with Crippen molar-refractivity contribution in [1.82, 2.24) is 5.32 Å². The van der Waals surface area contributed by atoms with Gasteiger partial charge < -0.3 is 24.9 Å². The van der Waals surface area contributed by atoms with E-state index in [2.05, 4.69) is 177 Å². The molecule has 0 fully saturated rings. The molecule has 4 N–H and O–H groups in total. The second-order valence-electron chi connectivity index (χ2n) is 19.3. The number of hydrogen-bond donors (Lipinski definition) is 4. The summed E-state index contributed by atoms with van der Waals surface area (Å²) in [5, 5.41) is 24.7. The van der Waals surface area contributed by atoms with Crippen molar-refractivity contribution < 1.29 is 38.0 Å². The van der Waals surface area contributed by atoms with Gasteiger partial charge in [-0.2, -0.15) is 0 Å². The summed E-state index contributed by atoms with van der Waals surface area (Å²) in [4.78, 5) is 23.3. The number of amides is 1. The summed E-state index contributed by atoms with van der Waals surface area (Å²) in [5.74, 6) is -0.313. The molecule has 0 radical (unpaired) electrons. The zero-order chi connectivity index (χ0) is 53.6. The fraction of sp³-hybridized carbons (Fsp3) is 0.571. The van der Waals surface area contributed by atoms with Gasteiger partial charge in [-0.3, -0.25) is 13.8 Å². The SMILES string of the molecule is CC/C=C\C/C=C\C/C=C\C/C=C\C/C=C\C/C=C\C/C=C\C/C=C\C/C=C\C/C=C\C/C=C\CCCCCC(=O)NC(COP(=O)(O)OCC[N+](C)(C)C)C(O)C(O)CCC/C=C/CC/C=C/CCCCC. The summed E-state index contributed by atoms with van der Waals surface area (Å²) >= 11 is 0. The van der Waals surface area contributed by atoms with Gasteiger partial charge in [-0.05, 0) is 135 Å². The number of nitrogens with zero attached hydrogens (tertiary/aromatic N) is 1. The fourth-order valence-corrected chi connectivity index (χ4v) is 7.66. The summed E-state index contributed by atoms with van der Waals surface area (Å²) < 4.78 is 23.5. The number of phosphoric acid groups is 1. The first kappa shape index (κ1) is 69.1. The molecule has 9 nitrogen and oxygen atoms in total. The Labute approximate surface area is 446 Å². The third kappa shape index (κ3) is 52.7. The molecule has 0 aliphatic heterocycles. The molecule has 0 rings (SSSR count). The molecule has 0 aliphatic carbocycles. The van der Waals surface area contributed by atoms with E-state index in [1.807, 2.05) is 21.1 Å². The Kier molecular flexibility index (Phi) is 48.8. The molecule has 0 spiro atoms. The van der Waals surface area contributed by atoms with Gasteiger partial charge in [0.1, 0.15) is 19.3 Å². The predicted molar refractivity (Wildman–Crippen MR) is 314 cm³/mol. The van der Waals surface area contributed by atoms with Crippen LogP contribution in [0.15, 0.2) is 158 Å². The standard InChI is InChI=1S/C63H103N2O7P/c1-6-8-10-12-14-16-18-20-21-22-23-24-25-26-27-28-29-30-31-32-33-34-35-36-37-38-39-40-41-42-43-44-46-48-50-52-54-56-62(67)64-60(59-72-73(69,70)71-58-57-65(3,4)5)63(68)61(66)55-53-51-49-47-45-19-17-15-13-11-9-7-2/h8,10,14-17,20-21,23-24,26-27,29-30,32-33,35-36,38-39,41-42,44,46-47,49,60-61,63,66,68H,6-7,9,11-13,18-19,22,25,28,31,34,37,40,43,45,48,50-59H2,1-5H3,(H-,64,67,69,70)/p+1/b10-8-,16-14-,17-15+,21-20-,24-23-,27-26-,30-29-,33-32-,36-35-,39-38-,42-41-,46-44-,49-47+. The van der Waals surface area contributed by atoms with E-state index in [0.29, 0.717) is 30.3 Å². The van der Waals surface area contributed by atoms with E-state index >= 15 is 0 Å². The molecule has 4 unspecified atom stereocenters. The van der Waals surface area contributed by atoms with Crippen LogP contribution in [0.5, 0.6) is 0 Å². The average molecular weight is 1030 g/mol. The number of phosphoric ester groups is 1. The quantitative estimate of drug-likeness (QED) is 0.0207. The normalized spacial score (nSPS) is 15.6. The fourth-order valence-electron chi connectivity index (χ4n) is 6.93. The van der Waals surface area contributed by atoms with Gasteiger partial charge in [-0.25, -0.2) is 4.57 Å².